The van der Waals surface area contributed by atoms with Gasteiger partial charge in [-0.2, -0.15) is 0 Å². The zero-order valence-electron chi connectivity index (χ0n) is 11.0. The molecule has 16 heavy (non-hydrogen) atoms. The fraction of sp³-hybridized carbons (Fsp3) is 1.00. The third-order valence-corrected chi connectivity index (χ3v) is 3.42. The van der Waals surface area contributed by atoms with Crippen LogP contribution in [0.15, 0.2) is 0 Å². The van der Waals surface area contributed by atoms with Gasteiger partial charge < -0.3 is 15.3 Å². The van der Waals surface area contributed by atoms with E-state index < -0.39 is 0 Å². The van der Waals surface area contributed by atoms with Crippen LogP contribution in [0.4, 0.5) is 0 Å². The molecule has 0 atom stereocenters. The number of hydrogen-bond donors (Lipinski definition) is 2. The van der Waals surface area contributed by atoms with Crippen LogP contribution in [-0.4, -0.2) is 49.3 Å². The van der Waals surface area contributed by atoms with Gasteiger partial charge in [0.25, 0.3) is 0 Å². The molecule has 1 aliphatic heterocycles. The standard InChI is InChI=1S/C13H28N2O/c1-13(2,6-11-16)12-14-7-5-10-15-8-3-4-9-15/h14,16H,3-12H2,1-2H3. The fourth-order valence-electron chi connectivity index (χ4n) is 2.25. The molecule has 1 fully saturated rings. The number of aliphatic hydroxyl groups excluding tert-OH is 1. The highest BCUT2D eigenvalue weighted by atomic mass is 16.3. The van der Waals surface area contributed by atoms with Crippen LogP contribution in [0.5, 0.6) is 0 Å². The Kier molecular flexibility index (Phi) is 6.32. The van der Waals surface area contributed by atoms with Gasteiger partial charge in [0.1, 0.15) is 0 Å². The monoisotopic (exact) mass is 228 g/mol. The lowest BCUT2D eigenvalue weighted by molar-refractivity contribution is 0.206. The molecule has 0 amide bonds. The van der Waals surface area contributed by atoms with Crippen molar-refractivity contribution < 1.29 is 5.11 Å². The lowest BCUT2D eigenvalue weighted by atomic mass is 9.90. The zero-order valence-corrected chi connectivity index (χ0v) is 11.0. The maximum Gasteiger partial charge on any atom is 0.0436 e. The quantitative estimate of drug-likeness (QED) is 0.618. The molecular formula is C13H28N2O. The van der Waals surface area contributed by atoms with E-state index >= 15 is 0 Å². The average Bonchev–Trinajstić information content (AvgIpc) is 2.69. The summed E-state index contributed by atoms with van der Waals surface area (Å²) < 4.78 is 0. The molecule has 0 aromatic heterocycles. The maximum absolute atomic E-state index is 8.91. The zero-order chi connectivity index (χ0) is 11.9. The van der Waals surface area contributed by atoms with Crippen LogP contribution in [0, 0.1) is 5.41 Å². The van der Waals surface area contributed by atoms with Gasteiger partial charge in [-0.3, -0.25) is 0 Å². The van der Waals surface area contributed by atoms with Gasteiger partial charge in [0.15, 0.2) is 0 Å². The van der Waals surface area contributed by atoms with Crippen molar-refractivity contribution in [3.63, 3.8) is 0 Å². The minimum atomic E-state index is 0.225. The summed E-state index contributed by atoms with van der Waals surface area (Å²) in [7, 11) is 0. The topological polar surface area (TPSA) is 35.5 Å². The molecule has 0 aliphatic carbocycles. The predicted octanol–water partition coefficient (Wildman–Crippen LogP) is 1.47. The highest BCUT2D eigenvalue weighted by Gasteiger charge is 2.16. The summed E-state index contributed by atoms with van der Waals surface area (Å²) in [5, 5.41) is 12.4. The van der Waals surface area contributed by atoms with E-state index in [1.165, 1.54) is 38.9 Å². The maximum atomic E-state index is 8.91. The Morgan fingerprint density at radius 2 is 1.94 bits per heavy atom. The number of nitrogens with zero attached hydrogens (tertiary/aromatic N) is 1. The summed E-state index contributed by atoms with van der Waals surface area (Å²) in [5.74, 6) is 0. The van der Waals surface area contributed by atoms with Gasteiger partial charge in [0.05, 0.1) is 0 Å². The lowest BCUT2D eigenvalue weighted by Crippen LogP contribution is -2.32. The van der Waals surface area contributed by atoms with E-state index in [0.717, 1.165) is 19.5 Å². The van der Waals surface area contributed by atoms with E-state index in [1.807, 2.05) is 0 Å². The van der Waals surface area contributed by atoms with Crippen LogP contribution in [-0.2, 0) is 0 Å². The molecule has 0 spiro atoms. The van der Waals surface area contributed by atoms with Gasteiger partial charge in [0, 0.05) is 13.2 Å². The Labute approximate surface area is 100 Å². The van der Waals surface area contributed by atoms with Gasteiger partial charge in [0.2, 0.25) is 0 Å². The summed E-state index contributed by atoms with van der Waals surface area (Å²) in [5.41, 5.74) is 0.225. The number of rotatable bonds is 8. The van der Waals surface area contributed by atoms with Crippen molar-refractivity contribution in [3.8, 4) is 0 Å². The summed E-state index contributed by atoms with van der Waals surface area (Å²) in [6, 6.07) is 0. The molecule has 96 valence electrons. The third kappa shape index (κ3) is 5.83. The molecule has 1 rings (SSSR count). The summed E-state index contributed by atoms with van der Waals surface area (Å²) in [6.45, 7) is 10.7. The van der Waals surface area contributed by atoms with E-state index in [2.05, 4.69) is 24.1 Å². The van der Waals surface area contributed by atoms with Crippen LogP contribution in [0.25, 0.3) is 0 Å². The van der Waals surface area contributed by atoms with E-state index in [0.29, 0.717) is 6.61 Å². The molecule has 1 saturated heterocycles. The van der Waals surface area contributed by atoms with Crippen LogP contribution in [0.1, 0.15) is 39.5 Å². The van der Waals surface area contributed by atoms with Crippen molar-refractivity contribution in [1.29, 1.82) is 0 Å². The molecule has 3 nitrogen and oxygen atoms in total. The first-order valence-corrected chi connectivity index (χ1v) is 6.68. The Morgan fingerprint density at radius 1 is 1.25 bits per heavy atom. The molecule has 0 aromatic carbocycles. The second-order valence-corrected chi connectivity index (χ2v) is 5.72. The molecule has 0 saturated carbocycles. The van der Waals surface area contributed by atoms with E-state index in [4.69, 9.17) is 5.11 Å². The van der Waals surface area contributed by atoms with Gasteiger partial charge >= 0.3 is 0 Å². The summed E-state index contributed by atoms with van der Waals surface area (Å²) in [4.78, 5) is 2.56. The molecule has 0 aromatic rings. The number of hydrogen-bond acceptors (Lipinski definition) is 3. The van der Waals surface area contributed by atoms with Crippen LogP contribution in [0.2, 0.25) is 0 Å². The Morgan fingerprint density at radius 3 is 2.56 bits per heavy atom. The molecule has 1 aliphatic rings. The number of likely N-dealkylation sites (tertiary alicyclic amines) is 1. The molecule has 2 N–H and O–H groups in total. The molecule has 0 unspecified atom stereocenters. The van der Waals surface area contributed by atoms with Gasteiger partial charge in [-0.1, -0.05) is 13.8 Å². The Bertz CT molecular complexity index is 177. The molecule has 0 radical (unpaired) electrons. The average molecular weight is 228 g/mol. The minimum Gasteiger partial charge on any atom is -0.396 e. The molecule has 3 heteroatoms. The summed E-state index contributed by atoms with van der Waals surface area (Å²) in [6.07, 6.45) is 4.90. The Balaban J connectivity index is 1.94. The van der Waals surface area contributed by atoms with Crippen LogP contribution < -0.4 is 5.32 Å². The summed E-state index contributed by atoms with van der Waals surface area (Å²) >= 11 is 0. The molecule has 0 bridgehead atoms. The first kappa shape index (κ1) is 13.9. The van der Waals surface area contributed by atoms with E-state index in [9.17, 15) is 0 Å². The van der Waals surface area contributed by atoms with Gasteiger partial charge in [-0.05, 0) is 57.3 Å². The fourth-order valence-corrected chi connectivity index (χ4v) is 2.25. The molecular weight excluding hydrogens is 200 g/mol. The van der Waals surface area contributed by atoms with Gasteiger partial charge in [-0.25, -0.2) is 0 Å². The van der Waals surface area contributed by atoms with Crippen molar-refractivity contribution in [2.45, 2.75) is 39.5 Å². The third-order valence-electron chi connectivity index (χ3n) is 3.42. The highest BCUT2D eigenvalue weighted by Crippen LogP contribution is 2.17. The number of aliphatic hydroxyl groups is 1. The molecule has 1 heterocycles. The van der Waals surface area contributed by atoms with Crippen molar-refractivity contribution in [2.75, 3.05) is 39.3 Å². The van der Waals surface area contributed by atoms with E-state index in [1.54, 1.807) is 0 Å². The number of nitrogens with one attached hydrogen (secondary N) is 1. The van der Waals surface area contributed by atoms with Crippen molar-refractivity contribution in [1.82, 2.24) is 10.2 Å². The second-order valence-electron chi connectivity index (χ2n) is 5.72. The van der Waals surface area contributed by atoms with Crippen molar-refractivity contribution in [3.05, 3.63) is 0 Å². The lowest BCUT2D eigenvalue weighted by Gasteiger charge is -2.24. The van der Waals surface area contributed by atoms with Gasteiger partial charge in [-0.15, -0.1) is 0 Å². The van der Waals surface area contributed by atoms with Crippen molar-refractivity contribution in [2.24, 2.45) is 5.41 Å². The van der Waals surface area contributed by atoms with E-state index in [-0.39, 0.29) is 5.41 Å². The van der Waals surface area contributed by atoms with Crippen LogP contribution in [0.3, 0.4) is 0 Å². The normalized spacial score (nSPS) is 18.2. The predicted molar refractivity (Wildman–Crippen MR) is 68.6 cm³/mol. The highest BCUT2D eigenvalue weighted by molar-refractivity contribution is 4.71. The first-order valence-electron chi connectivity index (χ1n) is 6.68. The SMILES string of the molecule is CC(C)(CCO)CNCCCN1CCCC1. The first-order chi connectivity index (χ1) is 7.64. The largest absolute Gasteiger partial charge is 0.396 e. The van der Waals surface area contributed by atoms with Crippen molar-refractivity contribution >= 4 is 0 Å². The smallest absolute Gasteiger partial charge is 0.0436 e. The van der Waals surface area contributed by atoms with Crippen LogP contribution >= 0.6 is 0 Å². The second kappa shape index (κ2) is 7.25. The Hall–Kier alpha value is -0.120. The minimum absolute atomic E-state index is 0.225.